The Morgan fingerprint density at radius 3 is 2.68 bits per heavy atom. The molecule has 0 aliphatic rings. The monoisotopic (exact) mass is 303 g/mol. The van der Waals surface area contributed by atoms with E-state index in [9.17, 15) is 10.1 Å². The summed E-state index contributed by atoms with van der Waals surface area (Å²) in [6.07, 6.45) is 2.95. The molecule has 0 aliphatic heterocycles. The van der Waals surface area contributed by atoms with E-state index in [-0.39, 0.29) is 18.5 Å². The lowest BCUT2D eigenvalue weighted by atomic mass is 10.2. The van der Waals surface area contributed by atoms with Crippen molar-refractivity contribution < 1.29 is 9.66 Å². The fourth-order valence-corrected chi connectivity index (χ4v) is 1.47. The summed E-state index contributed by atoms with van der Waals surface area (Å²) >= 11 is 0. The summed E-state index contributed by atoms with van der Waals surface area (Å²) in [5, 5.41) is 21.4. The van der Waals surface area contributed by atoms with E-state index >= 15 is 0 Å². The maximum absolute atomic E-state index is 10.5. The Labute approximate surface area is 124 Å². The smallest absolute Gasteiger partial charge is 0.390 e. The van der Waals surface area contributed by atoms with Crippen LogP contribution < -0.4 is 16.2 Å². The lowest BCUT2D eigenvalue weighted by molar-refractivity contribution is -0.389. The van der Waals surface area contributed by atoms with Gasteiger partial charge in [-0.15, -0.1) is 9.78 Å². The molecule has 0 atom stereocenters. The van der Waals surface area contributed by atoms with E-state index in [1.54, 1.807) is 24.3 Å². The average Bonchev–Trinajstić information content (AvgIpc) is 2.95. The summed E-state index contributed by atoms with van der Waals surface area (Å²) in [7, 11) is 0. The topological polar surface area (TPSA) is 147 Å². The number of rotatable bonds is 6. The highest BCUT2D eigenvalue weighted by molar-refractivity contribution is 5.81. The molecule has 1 aromatic heterocycles. The second-order valence-corrected chi connectivity index (χ2v) is 4.08. The molecule has 0 bridgehead atoms. The zero-order valence-electron chi connectivity index (χ0n) is 11.4. The first-order valence-corrected chi connectivity index (χ1v) is 6.07. The normalized spacial score (nSPS) is 10.5. The summed E-state index contributed by atoms with van der Waals surface area (Å²) in [4.78, 5) is 9.94. The predicted molar refractivity (Wildman–Crippen MR) is 79.4 cm³/mol. The second kappa shape index (κ2) is 6.83. The van der Waals surface area contributed by atoms with Gasteiger partial charge >= 0.3 is 5.82 Å². The van der Waals surface area contributed by atoms with E-state index in [0.29, 0.717) is 5.75 Å². The van der Waals surface area contributed by atoms with Gasteiger partial charge in [0.1, 0.15) is 5.75 Å². The maximum Gasteiger partial charge on any atom is 0.390 e. The van der Waals surface area contributed by atoms with E-state index in [1.165, 1.54) is 23.2 Å². The molecular weight excluding hydrogens is 290 g/mol. The first-order valence-electron chi connectivity index (χ1n) is 6.07. The summed E-state index contributed by atoms with van der Waals surface area (Å²) in [5.74, 6) is 0.233. The van der Waals surface area contributed by atoms with Crippen molar-refractivity contribution in [3.8, 4) is 5.75 Å². The van der Waals surface area contributed by atoms with Crippen LogP contribution in [0.4, 0.5) is 5.82 Å². The molecule has 0 saturated carbocycles. The maximum atomic E-state index is 10.5. The molecule has 10 nitrogen and oxygen atoms in total. The van der Waals surface area contributed by atoms with Crippen LogP contribution >= 0.6 is 0 Å². The molecule has 2 rings (SSSR count). The third kappa shape index (κ3) is 4.30. The fourth-order valence-electron chi connectivity index (χ4n) is 1.47. The van der Waals surface area contributed by atoms with E-state index in [1.807, 2.05) is 0 Å². The van der Waals surface area contributed by atoms with Crippen molar-refractivity contribution >= 4 is 18.0 Å². The van der Waals surface area contributed by atoms with Crippen molar-refractivity contribution in [3.05, 3.63) is 52.2 Å². The Kier molecular flexibility index (Phi) is 4.65. The van der Waals surface area contributed by atoms with Crippen molar-refractivity contribution in [2.45, 2.75) is 6.73 Å². The van der Waals surface area contributed by atoms with Crippen LogP contribution in [0.3, 0.4) is 0 Å². The van der Waals surface area contributed by atoms with Gasteiger partial charge < -0.3 is 26.3 Å². The van der Waals surface area contributed by atoms with Crippen LogP contribution in [0.2, 0.25) is 0 Å². The van der Waals surface area contributed by atoms with E-state index in [2.05, 4.69) is 15.3 Å². The number of hydrogen-bond acceptors (Lipinski definition) is 6. The number of nitrogens with two attached hydrogens (primary N) is 2. The van der Waals surface area contributed by atoms with E-state index in [0.717, 1.165) is 5.56 Å². The summed E-state index contributed by atoms with van der Waals surface area (Å²) in [6, 6.07) is 8.25. The Hall–Kier alpha value is -3.43. The first-order chi connectivity index (χ1) is 10.5. The van der Waals surface area contributed by atoms with Crippen LogP contribution in [0.5, 0.6) is 5.75 Å². The Balaban J connectivity index is 1.92. The van der Waals surface area contributed by atoms with Gasteiger partial charge in [-0.05, 0) is 34.8 Å². The predicted octanol–water partition coefficient (Wildman–Crippen LogP) is 0.435. The number of aromatic nitrogens is 2. The summed E-state index contributed by atoms with van der Waals surface area (Å²) < 4.78 is 6.77. The number of nitrogens with zero attached hydrogens (tertiary/aromatic N) is 5. The van der Waals surface area contributed by atoms with Gasteiger partial charge in [0.2, 0.25) is 12.7 Å². The lowest BCUT2D eigenvalue weighted by Gasteiger charge is -2.03. The fraction of sp³-hybridized carbons (Fsp3) is 0.0833. The molecule has 0 amide bonds. The molecule has 1 aromatic carbocycles. The molecule has 0 aliphatic carbocycles. The van der Waals surface area contributed by atoms with Crippen LogP contribution in [-0.4, -0.2) is 26.9 Å². The van der Waals surface area contributed by atoms with Crippen LogP contribution in [0.25, 0.3) is 0 Å². The largest absolute Gasteiger partial charge is 0.469 e. The van der Waals surface area contributed by atoms with Crippen LogP contribution in [0.15, 0.2) is 46.7 Å². The number of ether oxygens (including phenoxy) is 1. The third-order valence-electron chi connectivity index (χ3n) is 2.44. The second-order valence-electron chi connectivity index (χ2n) is 4.08. The molecular formula is C12H13N7O3. The van der Waals surface area contributed by atoms with Gasteiger partial charge in [-0.25, -0.2) is 0 Å². The van der Waals surface area contributed by atoms with Crippen molar-refractivity contribution in [3.63, 3.8) is 0 Å². The molecule has 10 heteroatoms. The van der Waals surface area contributed by atoms with Gasteiger partial charge in [0.05, 0.1) is 23.6 Å². The molecule has 114 valence electrons. The molecule has 0 radical (unpaired) electrons. The zero-order valence-corrected chi connectivity index (χ0v) is 11.4. The van der Waals surface area contributed by atoms with Crippen molar-refractivity contribution in [1.29, 1.82) is 0 Å². The van der Waals surface area contributed by atoms with E-state index < -0.39 is 4.92 Å². The Morgan fingerprint density at radius 1 is 1.36 bits per heavy atom. The average molecular weight is 303 g/mol. The standard InChI is InChI=1S/C12H13N7O3/c13-12(14)16-15-7-9-1-3-10(4-2-9)22-8-18-6-5-11(17-18)19(20)21/h1-7H,8H2,(H4,13,14,16). The van der Waals surface area contributed by atoms with Gasteiger partial charge in [0, 0.05) is 0 Å². The zero-order chi connectivity index (χ0) is 15.9. The van der Waals surface area contributed by atoms with Crippen LogP contribution in [-0.2, 0) is 6.73 Å². The summed E-state index contributed by atoms with van der Waals surface area (Å²) in [6.45, 7) is 0.0648. The van der Waals surface area contributed by atoms with E-state index in [4.69, 9.17) is 16.2 Å². The molecule has 0 unspecified atom stereocenters. The van der Waals surface area contributed by atoms with Crippen molar-refractivity contribution in [2.24, 2.45) is 21.7 Å². The highest BCUT2D eigenvalue weighted by Gasteiger charge is 2.10. The number of nitro groups is 1. The minimum atomic E-state index is -0.568. The first kappa shape index (κ1) is 15.0. The summed E-state index contributed by atoms with van der Waals surface area (Å²) in [5.41, 5.74) is 11.1. The van der Waals surface area contributed by atoms with Gasteiger partial charge in [0.15, 0.2) is 0 Å². The van der Waals surface area contributed by atoms with Gasteiger partial charge in [-0.1, -0.05) is 0 Å². The highest BCUT2D eigenvalue weighted by Crippen LogP contribution is 2.12. The highest BCUT2D eigenvalue weighted by atomic mass is 16.6. The SMILES string of the molecule is NC(N)=NN=Cc1ccc(OCn2ccc([N+](=O)[O-])n2)cc1. The molecule has 2 aromatic rings. The minimum absolute atomic E-state index is 0.0648. The molecule has 4 N–H and O–H groups in total. The third-order valence-corrected chi connectivity index (χ3v) is 2.44. The van der Waals surface area contributed by atoms with Crippen LogP contribution in [0, 0.1) is 10.1 Å². The van der Waals surface area contributed by atoms with Gasteiger partial charge in [-0.2, -0.15) is 5.10 Å². The van der Waals surface area contributed by atoms with Gasteiger partial charge in [0.25, 0.3) is 0 Å². The minimum Gasteiger partial charge on any atom is -0.469 e. The number of hydrogen-bond donors (Lipinski definition) is 2. The Bertz CT molecular complexity index is 702. The molecule has 0 saturated heterocycles. The van der Waals surface area contributed by atoms with Crippen molar-refractivity contribution in [2.75, 3.05) is 0 Å². The number of benzene rings is 1. The number of guanidine groups is 1. The Morgan fingerprint density at radius 2 is 2.09 bits per heavy atom. The molecule has 22 heavy (non-hydrogen) atoms. The van der Waals surface area contributed by atoms with Crippen molar-refractivity contribution in [1.82, 2.24) is 9.78 Å². The molecule has 1 heterocycles. The quantitative estimate of drug-likeness (QED) is 0.342. The van der Waals surface area contributed by atoms with Crippen LogP contribution in [0.1, 0.15) is 5.56 Å². The molecule has 0 fully saturated rings. The molecule has 0 spiro atoms. The lowest BCUT2D eigenvalue weighted by Crippen LogP contribution is -2.21. The van der Waals surface area contributed by atoms with Gasteiger partial charge in [-0.3, -0.25) is 0 Å².